The molecule has 1 heterocycles. The van der Waals surface area contributed by atoms with Gasteiger partial charge in [0.25, 0.3) is 0 Å². The van der Waals surface area contributed by atoms with E-state index in [1.165, 1.54) is 24.8 Å². The molecule has 3 nitrogen and oxygen atoms in total. The first-order valence-electron chi connectivity index (χ1n) is 6.83. The number of fused-ring (bicyclic) bond motifs is 1. The third-order valence-corrected chi connectivity index (χ3v) is 4.36. The fourth-order valence-electron chi connectivity index (χ4n) is 3.17. The minimum absolute atomic E-state index is 0.460. The van der Waals surface area contributed by atoms with Crippen molar-refractivity contribution in [3.63, 3.8) is 0 Å². The number of imidazole rings is 1. The zero-order valence-electron chi connectivity index (χ0n) is 11.4. The van der Waals surface area contributed by atoms with Crippen molar-refractivity contribution in [3.8, 4) is 5.75 Å². The molecule has 1 aliphatic rings. The van der Waals surface area contributed by atoms with Gasteiger partial charge in [0.15, 0.2) is 0 Å². The van der Waals surface area contributed by atoms with Crippen molar-refractivity contribution in [3.05, 3.63) is 24.0 Å². The Labute approximate surface area is 118 Å². The largest absolute Gasteiger partial charge is 0.497 e. The maximum atomic E-state index is 6.08. The van der Waals surface area contributed by atoms with Crippen molar-refractivity contribution in [1.82, 2.24) is 9.55 Å². The molecule has 0 spiro atoms. The van der Waals surface area contributed by atoms with Crippen molar-refractivity contribution >= 4 is 22.6 Å². The minimum Gasteiger partial charge on any atom is -0.497 e. The van der Waals surface area contributed by atoms with Crippen molar-refractivity contribution in [2.24, 2.45) is 5.92 Å². The summed E-state index contributed by atoms with van der Waals surface area (Å²) in [5, 5.41) is 0. The number of rotatable bonds is 3. The van der Waals surface area contributed by atoms with Gasteiger partial charge in [-0.2, -0.15) is 0 Å². The Morgan fingerprint density at radius 3 is 2.89 bits per heavy atom. The van der Waals surface area contributed by atoms with Crippen LogP contribution in [0.15, 0.2) is 18.2 Å². The van der Waals surface area contributed by atoms with Crippen molar-refractivity contribution in [1.29, 1.82) is 0 Å². The number of methoxy groups -OCH3 is 1. The molecule has 102 valence electrons. The lowest BCUT2D eigenvalue weighted by Gasteiger charge is -2.16. The number of ether oxygens (including phenoxy) is 1. The van der Waals surface area contributed by atoms with Crippen LogP contribution in [0.4, 0.5) is 0 Å². The molecule has 0 amide bonds. The molecule has 4 heteroatoms. The van der Waals surface area contributed by atoms with Gasteiger partial charge >= 0.3 is 0 Å². The van der Waals surface area contributed by atoms with E-state index >= 15 is 0 Å². The van der Waals surface area contributed by atoms with Crippen LogP contribution < -0.4 is 4.74 Å². The summed E-state index contributed by atoms with van der Waals surface area (Å²) in [5.74, 6) is 3.08. The zero-order chi connectivity index (χ0) is 13.4. The first-order chi connectivity index (χ1) is 9.22. The Morgan fingerprint density at radius 2 is 2.26 bits per heavy atom. The first-order valence-corrected chi connectivity index (χ1v) is 7.37. The second kappa shape index (κ2) is 5.04. The highest BCUT2D eigenvalue weighted by Crippen LogP contribution is 2.37. The number of hydrogen-bond donors (Lipinski definition) is 0. The van der Waals surface area contributed by atoms with Crippen LogP contribution in [0.5, 0.6) is 5.75 Å². The van der Waals surface area contributed by atoms with Crippen molar-refractivity contribution in [2.75, 3.05) is 7.11 Å². The average molecular weight is 279 g/mol. The molecular formula is C15H19ClN2O. The molecule has 1 fully saturated rings. The van der Waals surface area contributed by atoms with E-state index in [-0.39, 0.29) is 0 Å². The van der Waals surface area contributed by atoms with Crippen LogP contribution in [0.2, 0.25) is 0 Å². The second-order valence-electron chi connectivity index (χ2n) is 5.46. The molecule has 0 saturated heterocycles. The van der Waals surface area contributed by atoms with Crippen LogP contribution in [0, 0.1) is 5.92 Å². The summed E-state index contributed by atoms with van der Waals surface area (Å²) >= 11 is 6.08. The van der Waals surface area contributed by atoms with E-state index in [0.717, 1.165) is 23.0 Å². The molecule has 0 N–H and O–H groups in total. The summed E-state index contributed by atoms with van der Waals surface area (Å²) in [6.07, 6.45) is 3.74. The Hall–Kier alpha value is -1.22. The van der Waals surface area contributed by atoms with Gasteiger partial charge in [0.05, 0.1) is 24.0 Å². The zero-order valence-corrected chi connectivity index (χ0v) is 12.2. The first kappa shape index (κ1) is 12.8. The summed E-state index contributed by atoms with van der Waals surface area (Å²) in [7, 11) is 1.68. The maximum Gasteiger partial charge on any atom is 0.125 e. The summed E-state index contributed by atoms with van der Waals surface area (Å²) in [6.45, 7) is 2.32. The van der Waals surface area contributed by atoms with E-state index in [4.69, 9.17) is 16.3 Å². The van der Waals surface area contributed by atoms with Gasteiger partial charge in [-0.1, -0.05) is 6.92 Å². The van der Waals surface area contributed by atoms with E-state index in [2.05, 4.69) is 22.5 Å². The van der Waals surface area contributed by atoms with Gasteiger partial charge in [-0.3, -0.25) is 0 Å². The van der Waals surface area contributed by atoms with Gasteiger partial charge in [-0.15, -0.1) is 11.6 Å². The third kappa shape index (κ3) is 2.20. The SMILES string of the molecule is COc1ccc2c(c1)nc(CCl)n2C1CCC(C)C1. The summed E-state index contributed by atoms with van der Waals surface area (Å²) in [5.41, 5.74) is 2.16. The Balaban J connectivity index is 2.10. The predicted octanol–water partition coefficient (Wildman–Crippen LogP) is 4.14. The molecule has 3 rings (SSSR count). The van der Waals surface area contributed by atoms with Gasteiger partial charge in [-0.25, -0.2) is 4.98 Å². The smallest absolute Gasteiger partial charge is 0.125 e. The summed E-state index contributed by atoms with van der Waals surface area (Å²) < 4.78 is 7.60. The quantitative estimate of drug-likeness (QED) is 0.789. The van der Waals surface area contributed by atoms with Crippen LogP contribution in [-0.4, -0.2) is 16.7 Å². The highest BCUT2D eigenvalue weighted by molar-refractivity contribution is 6.16. The molecule has 0 aliphatic heterocycles. The number of alkyl halides is 1. The lowest BCUT2D eigenvalue weighted by atomic mass is 10.1. The van der Waals surface area contributed by atoms with Crippen LogP contribution in [0.25, 0.3) is 11.0 Å². The molecule has 0 bridgehead atoms. The molecule has 2 unspecified atom stereocenters. The summed E-state index contributed by atoms with van der Waals surface area (Å²) in [6, 6.07) is 6.62. The molecule has 2 aromatic rings. The Morgan fingerprint density at radius 1 is 1.42 bits per heavy atom. The Bertz CT molecular complexity index is 593. The third-order valence-electron chi connectivity index (χ3n) is 4.12. The number of halogens is 1. The van der Waals surface area contributed by atoms with E-state index in [1.54, 1.807) is 7.11 Å². The molecular weight excluding hydrogens is 260 g/mol. The number of benzene rings is 1. The van der Waals surface area contributed by atoms with Crippen LogP contribution in [-0.2, 0) is 5.88 Å². The molecule has 1 saturated carbocycles. The number of hydrogen-bond acceptors (Lipinski definition) is 2. The lowest BCUT2D eigenvalue weighted by Crippen LogP contribution is -2.08. The highest BCUT2D eigenvalue weighted by atomic mass is 35.5. The fourth-order valence-corrected chi connectivity index (χ4v) is 3.36. The highest BCUT2D eigenvalue weighted by Gasteiger charge is 2.26. The van der Waals surface area contributed by atoms with Crippen LogP contribution in [0.1, 0.15) is 38.1 Å². The van der Waals surface area contributed by atoms with Gasteiger partial charge in [-0.05, 0) is 37.3 Å². The second-order valence-corrected chi connectivity index (χ2v) is 5.73. The fraction of sp³-hybridized carbons (Fsp3) is 0.533. The van der Waals surface area contributed by atoms with Crippen molar-refractivity contribution in [2.45, 2.75) is 38.1 Å². The minimum atomic E-state index is 0.460. The van der Waals surface area contributed by atoms with Gasteiger partial charge < -0.3 is 9.30 Å². The standard InChI is InChI=1S/C15H19ClN2O/c1-10-3-4-11(7-10)18-14-6-5-12(19-2)8-13(14)17-15(18)9-16/h5-6,8,10-11H,3-4,7,9H2,1-2H3. The average Bonchev–Trinajstić information content (AvgIpc) is 3.00. The molecule has 2 atom stereocenters. The predicted molar refractivity (Wildman–Crippen MR) is 77.9 cm³/mol. The van der Waals surface area contributed by atoms with E-state index in [1.807, 2.05) is 12.1 Å². The van der Waals surface area contributed by atoms with Crippen molar-refractivity contribution < 1.29 is 4.74 Å². The van der Waals surface area contributed by atoms with Gasteiger partial charge in [0.2, 0.25) is 0 Å². The lowest BCUT2D eigenvalue weighted by molar-refractivity contribution is 0.415. The summed E-state index contributed by atoms with van der Waals surface area (Å²) in [4.78, 5) is 4.66. The van der Waals surface area contributed by atoms with E-state index in [0.29, 0.717) is 11.9 Å². The normalized spacial score (nSPS) is 23.1. The van der Waals surface area contributed by atoms with Gasteiger partial charge in [0.1, 0.15) is 11.6 Å². The molecule has 1 aliphatic carbocycles. The number of nitrogens with zero attached hydrogens (tertiary/aromatic N) is 2. The Kier molecular flexibility index (Phi) is 3.40. The van der Waals surface area contributed by atoms with E-state index < -0.39 is 0 Å². The van der Waals surface area contributed by atoms with Gasteiger partial charge in [0, 0.05) is 12.1 Å². The molecule has 0 radical (unpaired) electrons. The molecule has 1 aromatic heterocycles. The topological polar surface area (TPSA) is 27.1 Å². The molecule has 1 aromatic carbocycles. The van der Waals surface area contributed by atoms with Crippen LogP contribution >= 0.6 is 11.6 Å². The maximum absolute atomic E-state index is 6.08. The monoisotopic (exact) mass is 278 g/mol. The molecule has 19 heavy (non-hydrogen) atoms. The van der Waals surface area contributed by atoms with Crippen LogP contribution in [0.3, 0.4) is 0 Å². The van der Waals surface area contributed by atoms with E-state index in [9.17, 15) is 0 Å². The number of aromatic nitrogens is 2.